The molecular weight excluding hydrogens is 484 g/mol. The second kappa shape index (κ2) is 8.62. The molecule has 10 heteroatoms. The van der Waals surface area contributed by atoms with Crippen molar-refractivity contribution in [2.24, 2.45) is 0 Å². The standard InChI is InChI=1S/C21H13BrN4O4S/c22-16-7-2-1-6-15(16)20-24-17-11-13(8-9-18(17)30-20)23-21(31)25-19(27)12-4-3-5-14(10-12)26(28)29/h1-11H,(H2,23,25,27,31). The first-order valence-electron chi connectivity index (χ1n) is 8.93. The fourth-order valence-electron chi connectivity index (χ4n) is 2.85. The quantitative estimate of drug-likeness (QED) is 0.224. The molecule has 0 saturated heterocycles. The lowest BCUT2D eigenvalue weighted by Crippen LogP contribution is -2.34. The summed E-state index contributed by atoms with van der Waals surface area (Å²) in [5.74, 6) is -0.0823. The van der Waals surface area contributed by atoms with E-state index in [1.807, 2.05) is 24.3 Å². The van der Waals surface area contributed by atoms with Crippen LogP contribution in [0, 0.1) is 10.1 Å². The number of carbonyl (C=O) groups excluding carboxylic acids is 1. The van der Waals surface area contributed by atoms with Crippen LogP contribution >= 0.6 is 28.1 Å². The topological polar surface area (TPSA) is 110 Å². The Kier molecular flexibility index (Phi) is 5.74. The number of oxazole rings is 1. The molecule has 31 heavy (non-hydrogen) atoms. The van der Waals surface area contributed by atoms with Crippen LogP contribution in [-0.2, 0) is 0 Å². The molecule has 0 fully saturated rings. The molecule has 0 saturated carbocycles. The molecule has 4 rings (SSSR count). The van der Waals surface area contributed by atoms with Crippen LogP contribution in [0.5, 0.6) is 0 Å². The van der Waals surface area contributed by atoms with Crippen molar-refractivity contribution in [1.82, 2.24) is 10.3 Å². The van der Waals surface area contributed by atoms with Gasteiger partial charge < -0.3 is 9.73 Å². The molecule has 0 bridgehead atoms. The summed E-state index contributed by atoms with van der Waals surface area (Å²) in [6.45, 7) is 0. The number of nitrogens with one attached hydrogen (secondary N) is 2. The van der Waals surface area contributed by atoms with Crippen molar-refractivity contribution in [3.63, 3.8) is 0 Å². The van der Waals surface area contributed by atoms with E-state index in [0.717, 1.165) is 10.0 Å². The third kappa shape index (κ3) is 4.60. The zero-order valence-electron chi connectivity index (χ0n) is 15.7. The number of fused-ring (bicyclic) bond motifs is 1. The number of nitrogens with zero attached hydrogens (tertiary/aromatic N) is 2. The molecule has 1 aromatic heterocycles. The molecule has 0 spiro atoms. The lowest BCUT2D eigenvalue weighted by atomic mass is 10.2. The molecular formula is C21H13BrN4O4S. The summed E-state index contributed by atoms with van der Waals surface area (Å²) in [5.41, 5.74) is 2.59. The average molecular weight is 497 g/mol. The van der Waals surface area contributed by atoms with Gasteiger partial charge in [-0.05, 0) is 64.5 Å². The van der Waals surface area contributed by atoms with Crippen LogP contribution < -0.4 is 10.6 Å². The van der Waals surface area contributed by atoms with Gasteiger partial charge >= 0.3 is 0 Å². The normalized spacial score (nSPS) is 10.6. The van der Waals surface area contributed by atoms with Gasteiger partial charge in [-0.2, -0.15) is 0 Å². The van der Waals surface area contributed by atoms with Gasteiger partial charge in [0.05, 0.1) is 10.5 Å². The van der Waals surface area contributed by atoms with Gasteiger partial charge in [0.2, 0.25) is 5.89 Å². The van der Waals surface area contributed by atoms with Crippen LogP contribution in [0.1, 0.15) is 10.4 Å². The van der Waals surface area contributed by atoms with Gasteiger partial charge in [0.1, 0.15) is 5.52 Å². The maximum atomic E-state index is 12.3. The summed E-state index contributed by atoms with van der Waals surface area (Å²) >= 11 is 8.68. The van der Waals surface area contributed by atoms with Crippen molar-refractivity contribution in [2.75, 3.05) is 5.32 Å². The fourth-order valence-corrected chi connectivity index (χ4v) is 3.52. The molecule has 3 aromatic carbocycles. The summed E-state index contributed by atoms with van der Waals surface area (Å²) in [4.78, 5) is 27.2. The van der Waals surface area contributed by atoms with E-state index in [4.69, 9.17) is 16.6 Å². The van der Waals surface area contributed by atoms with Crippen LogP contribution in [0.25, 0.3) is 22.6 Å². The average Bonchev–Trinajstić information content (AvgIpc) is 3.17. The molecule has 1 heterocycles. The van der Waals surface area contributed by atoms with Gasteiger partial charge in [0, 0.05) is 27.9 Å². The number of benzene rings is 3. The van der Waals surface area contributed by atoms with Crippen molar-refractivity contribution in [3.05, 3.63) is 86.9 Å². The number of nitro benzene ring substituents is 1. The monoisotopic (exact) mass is 496 g/mol. The van der Waals surface area contributed by atoms with Gasteiger partial charge in [-0.15, -0.1) is 0 Å². The predicted octanol–water partition coefficient (Wildman–Crippen LogP) is 5.29. The SMILES string of the molecule is O=C(NC(=S)Nc1ccc2oc(-c3ccccc3Br)nc2c1)c1cccc([N+](=O)[O-])c1. The Morgan fingerprint density at radius 1 is 1.10 bits per heavy atom. The highest BCUT2D eigenvalue weighted by molar-refractivity contribution is 9.10. The first kappa shape index (κ1) is 20.6. The highest BCUT2D eigenvalue weighted by Crippen LogP contribution is 2.30. The molecule has 0 aliphatic carbocycles. The lowest BCUT2D eigenvalue weighted by molar-refractivity contribution is -0.384. The number of anilines is 1. The Labute approximate surface area is 189 Å². The van der Waals surface area contributed by atoms with E-state index in [9.17, 15) is 14.9 Å². The van der Waals surface area contributed by atoms with Gasteiger partial charge in [0.25, 0.3) is 11.6 Å². The maximum absolute atomic E-state index is 12.3. The highest BCUT2D eigenvalue weighted by atomic mass is 79.9. The molecule has 154 valence electrons. The van der Waals surface area contributed by atoms with Crippen LogP contribution in [0.2, 0.25) is 0 Å². The van der Waals surface area contributed by atoms with E-state index in [0.29, 0.717) is 22.7 Å². The largest absolute Gasteiger partial charge is 0.436 e. The minimum absolute atomic E-state index is 0.0466. The van der Waals surface area contributed by atoms with Gasteiger partial charge in [-0.25, -0.2) is 4.98 Å². The predicted molar refractivity (Wildman–Crippen MR) is 124 cm³/mol. The summed E-state index contributed by atoms with van der Waals surface area (Å²) in [5, 5.41) is 16.3. The molecule has 0 radical (unpaired) electrons. The zero-order chi connectivity index (χ0) is 22.0. The number of carbonyl (C=O) groups is 1. The zero-order valence-corrected chi connectivity index (χ0v) is 18.1. The van der Waals surface area contributed by atoms with Crippen molar-refractivity contribution in [2.45, 2.75) is 0 Å². The van der Waals surface area contributed by atoms with E-state index in [1.165, 1.54) is 24.3 Å². The minimum Gasteiger partial charge on any atom is -0.436 e. The lowest BCUT2D eigenvalue weighted by Gasteiger charge is -2.09. The van der Waals surface area contributed by atoms with Crippen LogP contribution in [0.4, 0.5) is 11.4 Å². The Morgan fingerprint density at radius 3 is 2.68 bits per heavy atom. The number of thiocarbonyl (C=S) groups is 1. The first-order valence-corrected chi connectivity index (χ1v) is 10.1. The molecule has 8 nitrogen and oxygen atoms in total. The van der Waals surface area contributed by atoms with E-state index >= 15 is 0 Å². The van der Waals surface area contributed by atoms with Gasteiger partial charge in [-0.3, -0.25) is 20.2 Å². The van der Waals surface area contributed by atoms with Crippen molar-refractivity contribution < 1.29 is 14.1 Å². The number of hydrogen-bond acceptors (Lipinski definition) is 6. The van der Waals surface area contributed by atoms with Crippen molar-refractivity contribution >= 4 is 61.6 Å². The molecule has 0 aliphatic heterocycles. The smallest absolute Gasteiger partial charge is 0.270 e. The number of nitro groups is 1. The van der Waals surface area contributed by atoms with Crippen LogP contribution in [-0.4, -0.2) is 20.9 Å². The second-order valence-electron chi connectivity index (χ2n) is 6.40. The number of non-ortho nitro benzene ring substituents is 1. The van der Waals surface area contributed by atoms with Gasteiger partial charge in [-0.1, -0.05) is 18.2 Å². The van der Waals surface area contributed by atoms with Crippen molar-refractivity contribution in [1.29, 1.82) is 0 Å². The van der Waals surface area contributed by atoms with E-state index < -0.39 is 10.8 Å². The fraction of sp³-hybridized carbons (Fsp3) is 0. The van der Waals surface area contributed by atoms with Crippen molar-refractivity contribution in [3.8, 4) is 11.5 Å². The van der Waals surface area contributed by atoms with Gasteiger partial charge in [0.15, 0.2) is 10.7 Å². The maximum Gasteiger partial charge on any atom is 0.270 e. The summed E-state index contributed by atoms with van der Waals surface area (Å²) in [6.07, 6.45) is 0. The molecule has 4 aromatic rings. The molecule has 0 unspecified atom stereocenters. The highest BCUT2D eigenvalue weighted by Gasteiger charge is 2.14. The molecule has 1 amide bonds. The van der Waals surface area contributed by atoms with E-state index in [2.05, 4.69) is 31.5 Å². The van der Waals surface area contributed by atoms with E-state index in [1.54, 1.807) is 18.2 Å². The minimum atomic E-state index is -0.567. The number of aromatic nitrogens is 1. The summed E-state index contributed by atoms with van der Waals surface area (Å²) in [7, 11) is 0. The summed E-state index contributed by atoms with van der Waals surface area (Å²) < 4.78 is 6.69. The Bertz CT molecular complexity index is 1340. The van der Waals surface area contributed by atoms with Crippen LogP contribution in [0.3, 0.4) is 0 Å². The number of halogens is 1. The molecule has 0 atom stereocenters. The van der Waals surface area contributed by atoms with E-state index in [-0.39, 0.29) is 16.4 Å². The Hall–Kier alpha value is -3.63. The summed E-state index contributed by atoms with van der Waals surface area (Å²) in [6, 6.07) is 18.2. The Morgan fingerprint density at radius 2 is 1.90 bits per heavy atom. The van der Waals surface area contributed by atoms with Crippen LogP contribution in [0.15, 0.2) is 75.6 Å². The third-order valence-electron chi connectivity index (χ3n) is 4.30. The number of rotatable bonds is 4. The number of hydrogen-bond donors (Lipinski definition) is 2. The number of amides is 1. The molecule has 0 aliphatic rings. The Balaban J connectivity index is 1.49. The first-order chi connectivity index (χ1) is 14.9. The second-order valence-corrected chi connectivity index (χ2v) is 7.66. The molecule has 2 N–H and O–H groups in total. The third-order valence-corrected chi connectivity index (χ3v) is 5.19.